The van der Waals surface area contributed by atoms with Gasteiger partial charge in [0.25, 0.3) is 5.91 Å². The van der Waals surface area contributed by atoms with Crippen LogP contribution in [0.5, 0.6) is 0 Å². The van der Waals surface area contributed by atoms with E-state index in [1.807, 2.05) is 21.0 Å². The summed E-state index contributed by atoms with van der Waals surface area (Å²) in [7, 11) is 3.69. The average Bonchev–Trinajstić information content (AvgIpc) is 2.70. The van der Waals surface area contributed by atoms with Crippen LogP contribution >= 0.6 is 11.6 Å². The minimum Gasteiger partial charge on any atom is -0.376 e. The number of ether oxygens (including phenoxy) is 1. The third-order valence-electron chi connectivity index (χ3n) is 4.84. The SMILES string of the molecule is CC1CN(C(CNC(=O)c2ccc(N(C)C)nn2)c2c(F)cccc2Cl)CCO1. The Balaban J connectivity index is 1.79. The monoisotopic (exact) mass is 421 g/mol. The molecule has 9 heteroatoms. The van der Waals surface area contributed by atoms with E-state index in [1.165, 1.54) is 6.07 Å². The van der Waals surface area contributed by atoms with Gasteiger partial charge in [0, 0.05) is 44.3 Å². The van der Waals surface area contributed by atoms with Gasteiger partial charge in [-0.2, -0.15) is 0 Å². The van der Waals surface area contributed by atoms with Gasteiger partial charge < -0.3 is 15.0 Å². The molecule has 1 amide bonds. The standard InChI is InChI=1S/C20H25ClFN5O2/c1-13-12-27(9-10-29-13)17(19-14(21)5-4-6-15(19)22)11-23-20(28)16-7-8-18(25-24-16)26(2)3/h4-8,13,17H,9-12H2,1-3H3,(H,23,28). The van der Waals surface area contributed by atoms with E-state index in [-0.39, 0.29) is 24.2 Å². The predicted molar refractivity (Wildman–Crippen MR) is 110 cm³/mol. The van der Waals surface area contributed by atoms with Gasteiger partial charge in [0.05, 0.1) is 18.8 Å². The molecule has 0 aliphatic carbocycles. The molecule has 156 valence electrons. The van der Waals surface area contributed by atoms with E-state index in [1.54, 1.807) is 29.2 Å². The van der Waals surface area contributed by atoms with Crippen LogP contribution in [0.2, 0.25) is 5.02 Å². The van der Waals surface area contributed by atoms with Crippen molar-refractivity contribution >= 4 is 23.3 Å². The molecule has 1 fully saturated rings. The molecule has 1 saturated heterocycles. The molecule has 3 rings (SSSR count). The molecule has 29 heavy (non-hydrogen) atoms. The zero-order valence-corrected chi connectivity index (χ0v) is 17.5. The van der Waals surface area contributed by atoms with Gasteiger partial charge in [0.2, 0.25) is 0 Å². The van der Waals surface area contributed by atoms with E-state index in [2.05, 4.69) is 20.4 Å². The van der Waals surface area contributed by atoms with Gasteiger partial charge in [-0.25, -0.2) is 4.39 Å². The van der Waals surface area contributed by atoms with Crippen molar-refractivity contribution in [3.63, 3.8) is 0 Å². The van der Waals surface area contributed by atoms with Crippen molar-refractivity contribution < 1.29 is 13.9 Å². The summed E-state index contributed by atoms with van der Waals surface area (Å²) in [5, 5.41) is 11.2. The number of carbonyl (C=O) groups is 1. The maximum Gasteiger partial charge on any atom is 0.271 e. The summed E-state index contributed by atoms with van der Waals surface area (Å²) in [6.07, 6.45) is 0.0111. The first kappa shape index (κ1) is 21.4. The van der Waals surface area contributed by atoms with Crippen LogP contribution in [-0.4, -0.2) is 67.4 Å². The van der Waals surface area contributed by atoms with Gasteiger partial charge in [0.15, 0.2) is 11.5 Å². The number of morpholine rings is 1. The molecule has 0 spiro atoms. The molecular weight excluding hydrogens is 397 g/mol. The minimum absolute atomic E-state index is 0.0111. The van der Waals surface area contributed by atoms with Crippen molar-refractivity contribution in [2.24, 2.45) is 0 Å². The lowest BCUT2D eigenvalue weighted by Gasteiger charge is -2.38. The van der Waals surface area contributed by atoms with Crippen LogP contribution in [0.4, 0.5) is 10.2 Å². The van der Waals surface area contributed by atoms with Gasteiger partial charge in [-0.15, -0.1) is 10.2 Å². The summed E-state index contributed by atoms with van der Waals surface area (Å²) in [6.45, 7) is 3.92. The summed E-state index contributed by atoms with van der Waals surface area (Å²) < 4.78 is 20.2. The Bertz CT molecular complexity index is 829. The number of hydrogen-bond acceptors (Lipinski definition) is 6. The van der Waals surface area contributed by atoms with E-state index in [4.69, 9.17) is 16.3 Å². The van der Waals surface area contributed by atoms with E-state index in [0.29, 0.717) is 36.1 Å². The highest BCUT2D eigenvalue weighted by Crippen LogP contribution is 2.31. The third kappa shape index (κ3) is 5.20. The van der Waals surface area contributed by atoms with Gasteiger partial charge >= 0.3 is 0 Å². The van der Waals surface area contributed by atoms with Gasteiger partial charge in [0.1, 0.15) is 5.82 Å². The zero-order valence-electron chi connectivity index (χ0n) is 16.7. The van der Waals surface area contributed by atoms with Crippen LogP contribution in [0.15, 0.2) is 30.3 Å². The molecule has 0 bridgehead atoms. The number of aromatic nitrogens is 2. The Morgan fingerprint density at radius 3 is 2.79 bits per heavy atom. The molecule has 7 nitrogen and oxygen atoms in total. The Hall–Kier alpha value is -2.29. The molecule has 1 N–H and O–H groups in total. The Kier molecular flexibility index (Phi) is 7.00. The number of benzene rings is 1. The highest BCUT2D eigenvalue weighted by atomic mass is 35.5. The zero-order chi connectivity index (χ0) is 21.0. The molecule has 0 saturated carbocycles. The van der Waals surface area contributed by atoms with Crippen LogP contribution in [0.1, 0.15) is 29.0 Å². The van der Waals surface area contributed by atoms with Crippen LogP contribution in [0.25, 0.3) is 0 Å². The first-order valence-electron chi connectivity index (χ1n) is 9.45. The van der Waals surface area contributed by atoms with Gasteiger partial charge in [-0.3, -0.25) is 9.69 Å². The highest BCUT2D eigenvalue weighted by molar-refractivity contribution is 6.31. The topological polar surface area (TPSA) is 70.6 Å². The van der Waals surface area contributed by atoms with E-state index in [0.717, 1.165) is 0 Å². The number of amides is 1. The lowest BCUT2D eigenvalue weighted by atomic mass is 10.0. The van der Waals surface area contributed by atoms with Gasteiger partial charge in [-0.1, -0.05) is 17.7 Å². The van der Waals surface area contributed by atoms with E-state index < -0.39 is 11.9 Å². The Labute approximate surface area is 174 Å². The molecule has 1 aliphatic rings. The first-order chi connectivity index (χ1) is 13.9. The second-order valence-electron chi connectivity index (χ2n) is 7.21. The molecule has 2 heterocycles. The van der Waals surface area contributed by atoms with Crippen molar-refractivity contribution in [1.82, 2.24) is 20.4 Å². The van der Waals surface area contributed by atoms with E-state index in [9.17, 15) is 9.18 Å². The Morgan fingerprint density at radius 2 is 2.17 bits per heavy atom. The number of rotatable bonds is 6. The first-order valence-corrected chi connectivity index (χ1v) is 9.83. The molecule has 0 radical (unpaired) electrons. The maximum absolute atomic E-state index is 14.6. The fraction of sp³-hybridized carbons (Fsp3) is 0.450. The second kappa shape index (κ2) is 9.47. The predicted octanol–water partition coefficient (Wildman–Crippen LogP) is 2.53. The fourth-order valence-electron chi connectivity index (χ4n) is 3.34. The van der Waals surface area contributed by atoms with Crippen LogP contribution < -0.4 is 10.2 Å². The summed E-state index contributed by atoms with van der Waals surface area (Å²) in [6, 6.07) is 7.51. The summed E-state index contributed by atoms with van der Waals surface area (Å²) in [5.41, 5.74) is 0.571. The highest BCUT2D eigenvalue weighted by Gasteiger charge is 2.29. The summed E-state index contributed by atoms with van der Waals surface area (Å²) in [4.78, 5) is 16.5. The van der Waals surface area contributed by atoms with Crippen molar-refractivity contribution in [3.05, 3.63) is 52.4 Å². The number of anilines is 1. The molecule has 2 unspecified atom stereocenters. The lowest BCUT2D eigenvalue weighted by molar-refractivity contribution is -0.0346. The smallest absolute Gasteiger partial charge is 0.271 e. The van der Waals surface area contributed by atoms with E-state index >= 15 is 0 Å². The second-order valence-corrected chi connectivity index (χ2v) is 7.62. The number of hydrogen-bond donors (Lipinski definition) is 1. The maximum atomic E-state index is 14.6. The van der Waals surface area contributed by atoms with Crippen LogP contribution in [0.3, 0.4) is 0 Å². The summed E-state index contributed by atoms with van der Waals surface area (Å²) >= 11 is 6.32. The normalized spacial score (nSPS) is 18.3. The largest absolute Gasteiger partial charge is 0.376 e. The summed E-state index contributed by atoms with van der Waals surface area (Å²) in [5.74, 6) is -0.118. The minimum atomic E-state index is -0.423. The van der Waals surface area contributed by atoms with Gasteiger partial charge in [-0.05, 0) is 31.2 Å². The third-order valence-corrected chi connectivity index (χ3v) is 5.17. The quantitative estimate of drug-likeness (QED) is 0.772. The molecule has 2 atom stereocenters. The molecule has 1 aromatic heterocycles. The van der Waals surface area contributed by atoms with Crippen molar-refractivity contribution in [3.8, 4) is 0 Å². The molecule has 2 aromatic rings. The fourth-order valence-corrected chi connectivity index (χ4v) is 3.62. The number of nitrogens with zero attached hydrogens (tertiary/aromatic N) is 4. The van der Waals surface area contributed by atoms with Crippen LogP contribution in [0, 0.1) is 5.82 Å². The lowest BCUT2D eigenvalue weighted by Crippen LogP contribution is -2.47. The molecule has 1 aromatic carbocycles. The Morgan fingerprint density at radius 1 is 1.38 bits per heavy atom. The number of nitrogens with one attached hydrogen (secondary N) is 1. The van der Waals surface area contributed by atoms with Crippen molar-refractivity contribution in [2.75, 3.05) is 45.2 Å². The molecule has 1 aliphatic heterocycles. The van der Waals surface area contributed by atoms with Crippen molar-refractivity contribution in [2.45, 2.75) is 19.1 Å². The average molecular weight is 422 g/mol. The van der Waals surface area contributed by atoms with Crippen LogP contribution in [-0.2, 0) is 4.74 Å². The van der Waals surface area contributed by atoms with Crippen molar-refractivity contribution in [1.29, 1.82) is 0 Å². The number of halogens is 2. The molecular formula is C20H25ClFN5O2. The number of carbonyl (C=O) groups excluding carboxylic acids is 1.